The van der Waals surface area contributed by atoms with Crippen molar-refractivity contribution in [2.24, 2.45) is 0 Å². The topological polar surface area (TPSA) is 3.88 Å². The third-order valence-electron chi connectivity index (χ3n) is 9.26. The molecular weight excluding hydrogens is 554 g/mol. The van der Waals surface area contributed by atoms with Crippen LogP contribution in [0.4, 0.5) is 0 Å². The number of rotatable bonds is 33. The second-order valence-corrected chi connectivity index (χ2v) is 13.4. The van der Waals surface area contributed by atoms with Gasteiger partial charge in [0.15, 0.2) is 18.4 Å². The van der Waals surface area contributed by atoms with Gasteiger partial charge in [-0.15, -0.1) is 0 Å². The van der Waals surface area contributed by atoms with Gasteiger partial charge in [-0.3, -0.25) is 0 Å². The fraction of sp³-hybridized carbons (Fsp3) is 0.786. The molecule has 0 aliphatic carbocycles. The number of hydrogen-bond donors (Lipinski definition) is 0. The van der Waals surface area contributed by atoms with Crippen molar-refractivity contribution in [2.75, 3.05) is 0 Å². The van der Waals surface area contributed by atoms with Gasteiger partial charge in [-0.1, -0.05) is 160 Å². The summed E-state index contributed by atoms with van der Waals surface area (Å²) in [5.74, 6) is 0. The van der Waals surface area contributed by atoms with E-state index < -0.39 is 0 Å². The molecule has 2 heteroatoms. The van der Waals surface area contributed by atoms with Crippen LogP contribution in [-0.2, 0) is 0 Å². The van der Waals surface area contributed by atoms with Crippen LogP contribution >= 0.6 is 0 Å². The Labute approximate surface area is 283 Å². The van der Waals surface area contributed by atoms with Crippen LogP contribution in [0.1, 0.15) is 213 Å². The highest BCUT2D eigenvalue weighted by Gasteiger charge is 2.16. The molecule has 0 spiro atoms. The molecule has 0 amide bonds. The molecule has 0 aliphatic rings. The molecule has 0 atom stereocenters. The zero-order valence-corrected chi connectivity index (χ0v) is 30.6. The summed E-state index contributed by atoms with van der Waals surface area (Å²) in [5, 5.41) is 0. The van der Waals surface area contributed by atoms with Crippen LogP contribution < -0.4 is 17.0 Å². The lowest BCUT2D eigenvalue weighted by atomic mass is 9.99. The molecule has 0 aromatic carbocycles. The number of halogens is 1. The molecule has 0 N–H and O–H groups in total. The lowest BCUT2D eigenvalue weighted by Gasteiger charge is -2.12. The van der Waals surface area contributed by atoms with Crippen LogP contribution in [0.2, 0.25) is 0 Å². The van der Waals surface area contributed by atoms with Gasteiger partial charge < -0.3 is 12.4 Å². The molecule has 256 valence electrons. The summed E-state index contributed by atoms with van der Waals surface area (Å²) in [6, 6.07) is 7.25. The molecule has 0 radical (unpaired) electrons. The lowest BCUT2D eigenvalue weighted by molar-refractivity contribution is -0.724. The summed E-state index contributed by atoms with van der Waals surface area (Å²) in [7, 11) is 0. The Balaban J connectivity index is 0.0000185. The maximum atomic E-state index is 2.50. The second-order valence-electron chi connectivity index (χ2n) is 13.4. The molecule has 44 heavy (non-hydrogen) atoms. The van der Waals surface area contributed by atoms with E-state index in [1.54, 1.807) is 0 Å². The highest BCUT2D eigenvalue weighted by atomic mass is 35.5. The van der Waals surface area contributed by atoms with Crippen molar-refractivity contribution in [3.8, 4) is 0 Å². The molecule has 1 heterocycles. The Morgan fingerprint density at radius 3 is 1.02 bits per heavy atom. The van der Waals surface area contributed by atoms with E-state index in [-0.39, 0.29) is 12.4 Å². The predicted octanol–water partition coefficient (Wildman–Crippen LogP) is 11.4. The summed E-state index contributed by atoms with van der Waals surface area (Å²) in [4.78, 5) is 0. The molecule has 1 rings (SSSR count). The van der Waals surface area contributed by atoms with Gasteiger partial charge in [-0.25, -0.2) is 4.57 Å². The van der Waals surface area contributed by atoms with E-state index in [0.29, 0.717) is 6.04 Å². The summed E-state index contributed by atoms with van der Waals surface area (Å²) >= 11 is 0. The van der Waals surface area contributed by atoms with Crippen molar-refractivity contribution >= 4 is 0 Å². The first kappa shape index (κ1) is 42.9. The molecule has 0 saturated heterocycles. The fourth-order valence-electron chi connectivity index (χ4n) is 6.35. The van der Waals surface area contributed by atoms with Gasteiger partial charge in [0, 0.05) is 25.0 Å². The molecule has 0 fully saturated rings. The maximum Gasteiger partial charge on any atom is 0.169 e. The highest BCUT2D eigenvalue weighted by molar-refractivity contribution is 4.84. The van der Waals surface area contributed by atoms with Crippen molar-refractivity contribution < 1.29 is 17.0 Å². The normalized spacial score (nSPS) is 11.7. The Hall–Kier alpha value is -1.08. The largest absolute Gasteiger partial charge is 1.00 e. The van der Waals surface area contributed by atoms with Gasteiger partial charge >= 0.3 is 0 Å². The van der Waals surface area contributed by atoms with Crippen molar-refractivity contribution in [3.05, 3.63) is 54.9 Å². The second kappa shape index (κ2) is 36.4. The third-order valence-corrected chi connectivity index (χ3v) is 9.26. The molecule has 0 aliphatic heterocycles. The minimum absolute atomic E-state index is 0. The zero-order valence-electron chi connectivity index (χ0n) is 29.8. The minimum atomic E-state index is 0. The first-order valence-corrected chi connectivity index (χ1v) is 19.6. The van der Waals surface area contributed by atoms with E-state index in [0.717, 1.165) is 0 Å². The fourth-order valence-corrected chi connectivity index (χ4v) is 6.35. The lowest BCUT2D eigenvalue weighted by Crippen LogP contribution is -3.00. The van der Waals surface area contributed by atoms with E-state index in [9.17, 15) is 0 Å². The van der Waals surface area contributed by atoms with Gasteiger partial charge in [0.2, 0.25) is 0 Å². The molecule has 0 bridgehead atoms. The van der Waals surface area contributed by atoms with Crippen LogP contribution in [0.3, 0.4) is 0 Å². The molecule has 1 aromatic rings. The van der Waals surface area contributed by atoms with E-state index >= 15 is 0 Å². The molecule has 1 nitrogen and oxygen atoms in total. The monoisotopic (exact) mass is 630 g/mol. The first-order chi connectivity index (χ1) is 21.4. The Morgan fingerprint density at radius 1 is 0.386 bits per heavy atom. The van der Waals surface area contributed by atoms with Crippen LogP contribution in [0.15, 0.2) is 54.9 Å². The van der Waals surface area contributed by atoms with Gasteiger partial charge in [-0.05, 0) is 64.2 Å². The standard InChI is InChI=1S/C42H76N.ClH/c1-3-5-7-9-11-13-15-17-19-21-23-25-27-29-31-34-38-42(43-40-36-33-37-41-43)39-35-32-30-28-26-24-22-20-18-16-14-12-10-8-6-4-2;/h17-20,33,36-37,40-42H,3-16,21-32,34-35,38-39H2,1-2H3;1H/q+1;/p-1/b19-17+,20-18+;. The van der Waals surface area contributed by atoms with Crippen molar-refractivity contribution in [2.45, 2.75) is 213 Å². The molecule has 0 saturated carbocycles. The van der Waals surface area contributed by atoms with Crippen LogP contribution in [0.25, 0.3) is 0 Å². The van der Waals surface area contributed by atoms with Gasteiger partial charge in [0.25, 0.3) is 0 Å². The highest BCUT2D eigenvalue weighted by Crippen LogP contribution is 2.20. The summed E-state index contributed by atoms with van der Waals surface area (Å²) in [6.07, 6.45) is 56.0. The molecule has 0 unspecified atom stereocenters. The number of pyridine rings is 1. The Kier molecular flexibility index (Phi) is 35.5. The van der Waals surface area contributed by atoms with Gasteiger partial charge in [0.1, 0.15) is 0 Å². The van der Waals surface area contributed by atoms with E-state index in [2.05, 4.69) is 73.3 Å². The van der Waals surface area contributed by atoms with E-state index in [1.165, 1.54) is 193 Å². The Bertz CT molecular complexity index is 670. The summed E-state index contributed by atoms with van der Waals surface area (Å²) < 4.78 is 2.50. The van der Waals surface area contributed by atoms with Gasteiger partial charge in [-0.2, -0.15) is 0 Å². The van der Waals surface area contributed by atoms with Crippen molar-refractivity contribution in [3.63, 3.8) is 0 Å². The average Bonchev–Trinajstić information content (AvgIpc) is 3.03. The van der Waals surface area contributed by atoms with Crippen molar-refractivity contribution in [1.29, 1.82) is 0 Å². The number of aromatic nitrogens is 1. The van der Waals surface area contributed by atoms with Gasteiger partial charge in [0.05, 0.1) is 0 Å². The summed E-state index contributed by atoms with van der Waals surface area (Å²) in [6.45, 7) is 4.59. The number of allylic oxidation sites excluding steroid dienone is 4. The average molecular weight is 631 g/mol. The zero-order chi connectivity index (χ0) is 30.7. The predicted molar refractivity (Wildman–Crippen MR) is 194 cm³/mol. The quantitative estimate of drug-likeness (QED) is 0.0413. The maximum absolute atomic E-state index is 2.50. The smallest absolute Gasteiger partial charge is 0.169 e. The van der Waals surface area contributed by atoms with Crippen molar-refractivity contribution in [1.82, 2.24) is 0 Å². The molecule has 1 aromatic heterocycles. The van der Waals surface area contributed by atoms with Crippen LogP contribution in [-0.4, -0.2) is 0 Å². The Morgan fingerprint density at radius 2 is 0.682 bits per heavy atom. The summed E-state index contributed by atoms with van der Waals surface area (Å²) in [5.41, 5.74) is 0. The number of nitrogens with zero attached hydrogens (tertiary/aromatic N) is 1. The number of unbranched alkanes of at least 4 members (excludes halogenated alkanes) is 24. The minimum Gasteiger partial charge on any atom is -1.00 e. The SMILES string of the molecule is CCCCCCCC/C=C/CCCCCCCCC(CCCCCCCC/C=C/CCCCCCCC)[n+]1ccccc1.[Cl-]. The number of hydrogen-bond acceptors (Lipinski definition) is 0. The van der Waals surface area contributed by atoms with Crippen LogP contribution in [0.5, 0.6) is 0 Å². The van der Waals surface area contributed by atoms with Crippen LogP contribution in [0, 0.1) is 0 Å². The molecular formula is C42H76ClN. The first-order valence-electron chi connectivity index (χ1n) is 19.6. The third kappa shape index (κ3) is 29.6. The van der Waals surface area contributed by atoms with E-state index in [1.807, 2.05) is 0 Å². The van der Waals surface area contributed by atoms with E-state index in [4.69, 9.17) is 0 Å².